The van der Waals surface area contributed by atoms with Gasteiger partial charge in [-0.15, -0.1) is 0 Å². The van der Waals surface area contributed by atoms with Crippen molar-refractivity contribution in [3.63, 3.8) is 0 Å². The molecule has 0 amide bonds. The first-order valence-electron chi connectivity index (χ1n) is 5.10. The summed E-state index contributed by atoms with van der Waals surface area (Å²) >= 11 is 5.07. The number of rotatable bonds is 3. The Balaban J connectivity index is 2.14. The van der Waals surface area contributed by atoms with E-state index < -0.39 is 0 Å². The second-order valence-electron chi connectivity index (χ2n) is 3.45. The minimum absolute atomic E-state index is 0.278. The summed E-state index contributed by atoms with van der Waals surface area (Å²) in [6.45, 7) is 6.24. The minimum Gasteiger partial charge on any atom is -0.308 e. The van der Waals surface area contributed by atoms with Crippen LogP contribution in [0.5, 0.6) is 0 Å². The summed E-state index contributed by atoms with van der Waals surface area (Å²) in [5, 5.41) is 3.21. The number of guanidine groups is 1. The number of aromatic nitrogens is 1. The minimum atomic E-state index is 0.278. The predicted octanol–water partition coefficient (Wildman–Crippen LogP) is 3.04. The Kier molecular flexibility index (Phi) is 3.99. The van der Waals surface area contributed by atoms with Gasteiger partial charge in [0.15, 0.2) is 10.2 Å². The molecule has 7 heteroatoms. The van der Waals surface area contributed by atoms with Crippen LogP contribution in [-0.4, -0.2) is 22.7 Å². The average Bonchev–Trinajstić information content (AvgIpc) is 2.59. The number of hydrogen-bond acceptors (Lipinski definition) is 5. The monoisotopic (exact) mass is 274 g/mol. The van der Waals surface area contributed by atoms with Crippen molar-refractivity contribution in [3.8, 4) is 0 Å². The van der Waals surface area contributed by atoms with Crippen molar-refractivity contribution in [3.05, 3.63) is 0 Å². The van der Waals surface area contributed by atoms with Crippen molar-refractivity contribution >= 4 is 46.8 Å². The van der Waals surface area contributed by atoms with Gasteiger partial charge in [0.2, 0.25) is 5.96 Å². The van der Waals surface area contributed by atoms with Crippen LogP contribution in [0.3, 0.4) is 0 Å². The number of anilines is 1. The molecule has 0 atom stereocenters. The largest absolute Gasteiger partial charge is 0.308 e. The first-order valence-corrected chi connectivity index (χ1v) is 7.72. The van der Waals surface area contributed by atoms with E-state index in [1.165, 1.54) is 4.21 Å². The number of nitrogens with zero attached hydrogens (tertiary/aromatic N) is 2. The van der Waals surface area contributed by atoms with Gasteiger partial charge in [0.25, 0.3) is 0 Å². The van der Waals surface area contributed by atoms with E-state index >= 15 is 0 Å². The maximum absolute atomic E-state index is 4.53. The van der Waals surface area contributed by atoms with E-state index in [9.17, 15) is 0 Å². The molecule has 4 nitrogen and oxygen atoms in total. The van der Waals surface area contributed by atoms with Crippen LogP contribution in [0.15, 0.2) is 13.5 Å². The second kappa shape index (κ2) is 5.29. The molecule has 1 aromatic rings. The van der Waals surface area contributed by atoms with Gasteiger partial charge in [-0.25, -0.2) is 9.98 Å². The van der Waals surface area contributed by atoms with Crippen LogP contribution in [0, 0.1) is 0 Å². The molecule has 2 heterocycles. The zero-order chi connectivity index (χ0) is 11.5. The van der Waals surface area contributed by atoms with Gasteiger partial charge in [0.05, 0.1) is 0 Å². The lowest BCUT2D eigenvalue weighted by molar-refractivity contribution is 0.830. The molecule has 1 aliphatic heterocycles. The summed E-state index contributed by atoms with van der Waals surface area (Å²) < 4.78 is 5.47. The Hall–Kier alpha value is -0.400. The van der Waals surface area contributed by atoms with Crippen LogP contribution < -0.4 is 10.0 Å². The molecule has 2 N–H and O–H groups in total. The fraction of sp³-hybridized carbons (Fsp3) is 0.556. The third kappa shape index (κ3) is 2.83. The highest BCUT2D eigenvalue weighted by Gasteiger charge is 2.19. The normalized spacial score (nSPS) is 17.1. The van der Waals surface area contributed by atoms with E-state index in [2.05, 4.69) is 40.8 Å². The number of thiazole rings is 1. The van der Waals surface area contributed by atoms with Crippen LogP contribution in [0.1, 0.15) is 20.8 Å². The quantitative estimate of drug-likeness (QED) is 0.655. The van der Waals surface area contributed by atoms with Gasteiger partial charge in [-0.05, 0) is 19.6 Å². The molecule has 1 aromatic heterocycles. The summed E-state index contributed by atoms with van der Waals surface area (Å²) in [7, 11) is 0. The maximum Gasteiger partial charge on any atom is 0.207 e. The van der Waals surface area contributed by atoms with Crippen molar-refractivity contribution in [2.24, 2.45) is 4.99 Å². The molecule has 0 saturated heterocycles. The molecule has 0 saturated carbocycles. The number of aliphatic imine (C=N–C) groups is 1. The third-order valence-corrected chi connectivity index (χ3v) is 4.76. The molecular weight excluding hydrogens is 260 g/mol. The number of nitrogens with one attached hydrogen (secondary N) is 2. The first-order chi connectivity index (χ1) is 7.69. The van der Waals surface area contributed by atoms with Gasteiger partial charge in [0.1, 0.15) is 4.21 Å². The van der Waals surface area contributed by atoms with Crippen molar-refractivity contribution in [1.29, 1.82) is 0 Å². The Labute approximate surface area is 108 Å². The van der Waals surface area contributed by atoms with Crippen LogP contribution >= 0.6 is 35.0 Å². The van der Waals surface area contributed by atoms with E-state index in [-0.39, 0.29) is 6.04 Å². The molecule has 88 valence electrons. The fourth-order valence-corrected chi connectivity index (χ4v) is 4.07. The lowest BCUT2D eigenvalue weighted by atomic mass is 10.4. The van der Waals surface area contributed by atoms with Crippen LogP contribution in [0.25, 0.3) is 0 Å². The smallest absolute Gasteiger partial charge is 0.207 e. The molecule has 0 unspecified atom stereocenters. The highest BCUT2D eigenvalue weighted by Crippen LogP contribution is 2.38. The lowest BCUT2D eigenvalue weighted by Crippen LogP contribution is -2.30. The van der Waals surface area contributed by atoms with Crippen molar-refractivity contribution in [1.82, 2.24) is 9.71 Å². The number of thioether (sulfide) groups is 1. The lowest BCUT2D eigenvalue weighted by Gasteiger charge is -2.16. The molecule has 1 aliphatic rings. The molecule has 0 aromatic carbocycles. The predicted molar refractivity (Wildman–Crippen MR) is 73.7 cm³/mol. The SMILES string of the molecule is CCSc1nc2c(s1)SNC(=NC(C)C)N2. The molecule has 2 rings (SSSR count). The number of fused-ring (bicyclic) bond motifs is 1. The molecule has 0 bridgehead atoms. The Bertz CT molecular complexity index is 399. The van der Waals surface area contributed by atoms with Crippen LogP contribution in [-0.2, 0) is 0 Å². The van der Waals surface area contributed by atoms with E-state index in [4.69, 9.17) is 0 Å². The van der Waals surface area contributed by atoms with Gasteiger partial charge in [0, 0.05) is 18.0 Å². The Morgan fingerprint density at radius 3 is 3.00 bits per heavy atom. The summed E-state index contributed by atoms with van der Waals surface area (Å²) in [4.78, 5) is 8.95. The van der Waals surface area contributed by atoms with Crippen LogP contribution in [0.2, 0.25) is 0 Å². The van der Waals surface area contributed by atoms with Crippen molar-refractivity contribution < 1.29 is 0 Å². The highest BCUT2D eigenvalue weighted by molar-refractivity contribution is 8.02. The van der Waals surface area contributed by atoms with Crippen molar-refractivity contribution in [2.75, 3.05) is 11.1 Å². The molecule has 0 radical (unpaired) electrons. The van der Waals surface area contributed by atoms with E-state index in [1.54, 1.807) is 35.0 Å². The summed E-state index contributed by atoms with van der Waals surface area (Å²) in [6, 6.07) is 0.278. The molecule has 0 aliphatic carbocycles. The molecule has 16 heavy (non-hydrogen) atoms. The van der Waals surface area contributed by atoms with Gasteiger partial charge < -0.3 is 5.32 Å². The van der Waals surface area contributed by atoms with Crippen molar-refractivity contribution in [2.45, 2.75) is 35.4 Å². The van der Waals surface area contributed by atoms with Gasteiger partial charge >= 0.3 is 0 Å². The van der Waals surface area contributed by atoms with E-state index in [0.717, 1.165) is 21.9 Å². The Morgan fingerprint density at radius 1 is 1.50 bits per heavy atom. The summed E-state index contributed by atoms with van der Waals surface area (Å²) in [5.74, 6) is 2.78. The summed E-state index contributed by atoms with van der Waals surface area (Å²) in [6.07, 6.45) is 0. The standard InChI is InChI=1S/C9H14N4S3/c1-4-14-9-12-6-7(15-9)16-13-8(11-6)10-5(2)3/h5H,4H2,1-3H3,(H2,10,11,13). The molecule has 0 fully saturated rings. The van der Waals surface area contributed by atoms with Gasteiger partial charge in [-0.3, -0.25) is 4.72 Å². The second-order valence-corrected chi connectivity index (χ2v) is 7.03. The zero-order valence-corrected chi connectivity index (χ0v) is 11.9. The zero-order valence-electron chi connectivity index (χ0n) is 9.40. The van der Waals surface area contributed by atoms with Crippen LogP contribution in [0.4, 0.5) is 5.82 Å². The van der Waals surface area contributed by atoms with Gasteiger partial charge in [-0.2, -0.15) is 0 Å². The first kappa shape index (κ1) is 12.1. The number of hydrogen-bond donors (Lipinski definition) is 2. The van der Waals surface area contributed by atoms with E-state index in [1.807, 2.05) is 0 Å². The Morgan fingerprint density at radius 2 is 2.31 bits per heavy atom. The third-order valence-electron chi connectivity index (χ3n) is 1.71. The highest BCUT2D eigenvalue weighted by atomic mass is 32.2. The topological polar surface area (TPSA) is 49.3 Å². The fourth-order valence-electron chi connectivity index (χ4n) is 1.17. The van der Waals surface area contributed by atoms with Gasteiger partial charge in [-0.1, -0.05) is 30.0 Å². The molecule has 0 spiro atoms. The maximum atomic E-state index is 4.53. The summed E-state index contributed by atoms with van der Waals surface area (Å²) in [5.41, 5.74) is 0. The molecular formula is C9H14N4S3. The van der Waals surface area contributed by atoms with E-state index in [0.29, 0.717) is 0 Å². The average molecular weight is 274 g/mol.